The van der Waals surface area contributed by atoms with Gasteiger partial charge in [0.15, 0.2) is 11.6 Å². The van der Waals surface area contributed by atoms with Crippen LogP contribution in [0.4, 0.5) is 0 Å². The number of benzene rings is 1. The molecule has 0 aliphatic heterocycles. The molecule has 3 rings (SSSR count). The number of Topliss-reactive ketones (excluding diaryl/α,β-unsaturated/α-hetero) is 1. The lowest BCUT2D eigenvalue weighted by molar-refractivity contribution is -0.137. The van der Waals surface area contributed by atoms with Crippen molar-refractivity contribution in [3.63, 3.8) is 0 Å². The molecule has 2 aliphatic rings. The molecule has 130 valence electrons. The highest BCUT2D eigenvalue weighted by Crippen LogP contribution is 2.57. The minimum atomic E-state index is -0.985. The van der Waals surface area contributed by atoms with E-state index in [1.54, 1.807) is 31.2 Å². The van der Waals surface area contributed by atoms with Crippen LogP contribution >= 0.6 is 0 Å². The van der Waals surface area contributed by atoms with E-state index in [9.17, 15) is 14.7 Å². The first-order valence-corrected chi connectivity index (χ1v) is 8.31. The Morgan fingerprint density at radius 3 is 2.72 bits per heavy atom. The van der Waals surface area contributed by atoms with Crippen molar-refractivity contribution >= 4 is 11.6 Å². The van der Waals surface area contributed by atoms with Gasteiger partial charge in [-0.05, 0) is 42.7 Å². The normalized spacial score (nSPS) is 28.8. The van der Waals surface area contributed by atoms with Gasteiger partial charge in [0.05, 0.1) is 12.5 Å². The van der Waals surface area contributed by atoms with E-state index in [1.807, 2.05) is 13.0 Å². The average molecular weight is 338 g/mol. The van der Waals surface area contributed by atoms with Crippen molar-refractivity contribution in [3.8, 4) is 11.5 Å². The van der Waals surface area contributed by atoms with E-state index in [0.717, 1.165) is 5.57 Å². The van der Waals surface area contributed by atoms with Crippen LogP contribution in [-0.2, 0) is 9.59 Å². The van der Waals surface area contributed by atoms with Crippen molar-refractivity contribution in [1.82, 2.24) is 0 Å². The van der Waals surface area contributed by atoms with E-state index in [1.165, 1.54) is 13.2 Å². The van der Waals surface area contributed by atoms with Crippen LogP contribution in [0.1, 0.15) is 31.7 Å². The summed E-state index contributed by atoms with van der Waals surface area (Å²) in [5.74, 6) is -0.529. The van der Waals surface area contributed by atoms with Crippen LogP contribution in [0.15, 0.2) is 54.2 Å². The largest absolute Gasteiger partial charge is 0.508 e. The summed E-state index contributed by atoms with van der Waals surface area (Å²) in [6.45, 7) is 7.37. The van der Waals surface area contributed by atoms with Crippen molar-refractivity contribution in [2.45, 2.75) is 26.2 Å². The maximum absolute atomic E-state index is 13.0. The number of hydrogen-bond donors (Lipinski definition) is 1. The van der Waals surface area contributed by atoms with E-state index in [-0.39, 0.29) is 17.3 Å². The highest BCUT2D eigenvalue weighted by molar-refractivity contribution is 6.13. The molecule has 0 spiro atoms. The Kier molecular flexibility index (Phi) is 4.15. The molecule has 0 saturated carbocycles. The predicted molar refractivity (Wildman–Crippen MR) is 95.7 cm³/mol. The van der Waals surface area contributed by atoms with E-state index in [2.05, 4.69) is 6.58 Å². The van der Waals surface area contributed by atoms with Gasteiger partial charge in [0.2, 0.25) is 0 Å². The van der Waals surface area contributed by atoms with Gasteiger partial charge in [0, 0.05) is 17.4 Å². The molecule has 0 amide bonds. The molecule has 0 radical (unpaired) electrons. The summed E-state index contributed by atoms with van der Waals surface area (Å²) in [7, 11) is 1.52. The predicted octanol–water partition coefficient (Wildman–Crippen LogP) is 3.72. The molecule has 25 heavy (non-hydrogen) atoms. The molecule has 0 aromatic heterocycles. The van der Waals surface area contributed by atoms with E-state index in [4.69, 9.17) is 4.74 Å². The first-order chi connectivity index (χ1) is 11.9. The fraction of sp³-hybridized carbons (Fsp3) is 0.333. The molecule has 0 saturated heterocycles. The molecular formula is C21H22O4. The number of rotatable bonds is 3. The van der Waals surface area contributed by atoms with Gasteiger partial charge in [-0.15, -0.1) is 0 Å². The second-order valence-corrected chi connectivity index (χ2v) is 6.86. The Bertz CT molecular complexity index is 830. The third-order valence-corrected chi connectivity index (χ3v) is 5.62. The second kappa shape index (κ2) is 6.03. The van der Waals surface area contributed by atoms with Gasteiger partial charge >= 0.3 is 0 Å². The quantitative estimate of drug-likeness (QED) is 0.912. The van der Waals surface area contributed by atoms with Gasteiger partial charge in [-0.2, -0.15) is 0 Å². The Hall–Kier alpha value is -2.62. The second-order valence-electron chi connectivity index (χ2n) is 6.86. The monoisotopic (exact) mass is 338 g/mol. The first kappa shape index (κ1) is 17.2. The van der Waals surface area contributed by atoms with Crippen molar-refractivity contribution in [1.29, 1.82) is 0 Å². The third kappa shape index (κ3) is 2.36. The zero-order chi connectivity index (χ0) is 18.4. The van der Waals surface area contributed by atoms with Gasteiger partial charge < -0.3 is 9.84 Å². The van der Waals surface area contributed by atoms with Gasteiger partial charge in [-0.3, -0.25) is 9.59 Å². The van der Waals surface area contributed by atoms with Gasteiger partial charge in [-0.25, -0.2) is 0 Å². The summed E-state index contributed by atoms with van der Waals surface area (Å²) >= 11 is 0. The smallest absolute Gasteiger partial charge is 0.163 e. The molecule has 1 aromatic carbocycles. The molecule has 0 fully saturated rings. The van der Waals surface area contributed by atoms with Crippen LogP contribution in [0.3, 0.4) is 0 Å². The zero-order valence-electron chi connectivity index (χ0n) is 14.7. The number of carbonyl (C=O) groups excluding carboxylic acids is 2. The summed E-state index contributed by atoms with van der Waals surface area (Å²) in [4.78, 5) is 25.8. The summed E-state index contributed by atoms with van der Waals surface area (Å²) in [5, 5.41) is 10.5. The first-order valence-electron chi connectivity index (χ1n) is 8.31. The van der Waals surface area contributed by atoms with Gasteiger partial charge in [-0.1, -0.05) is 31.7 Å². The minimum absolute atomic E-state index is 0.0131. The van der Waals surface area contributed by atoms with Crippen molar-refractivity contribution < 1.29 is 19.4 Å². The van der Waals surface area contributed by atoms with Crippen molar-refractivity contribution in [3.05, 3.63) is 59.7 Å². The molecule has 4 nitrogen and oxygen atoms in total. The van der Waals surface area contributed by atoms with Crippen LogP contribution in [0.25, 0.3) is 0 Å². The molecule has 1 N–H and O–H groups in total. The van der Waals surface area contributed by atoms with E-state index in [0.29, 0.717) is 23.3 Å². The molecule has 0 unspecified atom stereocenters. The highest BCUT2D eigenvalue weighted by atomic mass is 16.5. The zero-order valence-corrected chi connectivity index (χ0v) is 14.7. The van der Waals surface area contributed by atoms with Crippen LogP contribution in [0.2, 0.25) is 0 Å². The molecule has 2 aliphatic carbocycles. The fourth-order valence-electron chi connectivity index (χ4n) is 4.22. The standard InChI is InChI=1S/C21H22O4/c1-5-13-9-10-14-20(24)12(2)11-17(23)21(14,3)19(13)18-15(22)7-6-8-16(18)25-4/h5-9,11,14,19,22H,1,10H2,2-4H3/t14-,19+,21-/m0/s1. The number of phenols is 1. The minimum Gasteiger partial charge on any atom is -0.508 e. The Labute approximate surface area is 147 Å². The van der Waals surface area contributed by atoms with Crippen LogP contribution in [0.5, 0.6) is 11.5 Å². The lowest BCUT2D eigenvalue weighted by Gasteiger charge is -2.47. The highest BCUT2D eigenvalue weighted by Gasteiger charge is 2.55. The Morgan fingerprint density at radius 1 is 1.36 bits per heavy atom. The maximum Gasteiger partial charge on any atom is 0.163 e. The van der Waals surface area contributed by atoms with Gasteiger partial charge in [0.1, 0.15) is 11.5 Å². The van der Waals surface area contributed by atoms with E-state index < -0.39 is 17.3 Å². The molecule has 0 bridgehead atoms. The molecular weight excluding hydrogens is 316 g/mol. The molecule has 1 aromatic rings. The third-order valence-electron chi connectivity index (χ3n) is 5.62. The Morgan fingerprint density at radius 2 is 2.08 bits per heavy atom. The average Bonchev–Trinajstić information content (AvgIpc) is 2.59. The number of fused-ring (bicyclic) bond motifs is 1. The maximum atomic E-state index is 13.0. The van der Waals surface area contributed by atoms with E-state index >= 15 is 0 Å². The van der Waals surface area contributed by atoms with Gasteiger partial charge in [0.25, 0.3) is 0 Å². The topological polar surface area (TPSA) is 63.6 Å². The van der Waals surface area contributed by atoms with Crippen LogP contribution < -0.4 is 4.74 Å². The summed E-state index contributed by atoms with van der Waals surface area (Å²) in [6.07, 6.45) is 5.56. The number of allylic oxidation sites excluding steroid dienone is 5. The lowest BCUT2D eigenvalue weighted by Crippen LogP contribution is -2.49. The SMILES string of the molecule is C=CC1=CC[C@H]2C(=O)C(C)=CC(=O)[C@@]2(C)[C@H]1c1c(O)cccc1OC. The Balaban J connectivity index is 2.31. The number of ether oxygens (including phenoxy) is 1. The number of carbonyl (C=O) groups is 2. The number of methoxy groups -OCH3 is 1. The number of aromatic hydroxyl groups is 1. The number of ketones is 2. The fourth-order valence-corrected chi connectivity index (χ4v) is 4.22. The van der Waals surface area contributed by atoms with Crippen LogP contribution in [0, 0.1) is 11.3 Å². The lowest BCUT2D eigenvalue weighted by atomic mass is 9.53. The number of phenolic OH excluding ortho intramolecular Hbond substituents is 1. The van der Waals surface area contributed by atoms with Crippen molar-refractivity contribution in [2.75, 3.05) is 7.11 Å². The molecule has 0 heterocycles. The molecule has 3 atom stereocenters. The summed E-state index contributed by atoms with van der Waals surface area (Å²) < 4.78 is 5.45. The molecule has 4 heteroatoms. The number of hydrogen-bond acceptors (Lipinski definition) is 4. The van der Waals surface area contributed by atoms with Crippen molar-refractivity contribution in [2.24, 2.45) is 11.3 Å². The van der Waals surface area contributed by atoms with Crippen LogP contribution in [-0.4, -0.2) is 23.8 Å². The summed E-state index contributed by atoms with van der Waals surface area (Å²) in [5.41, 5.74) is 0.858. The summed E-state index contributed by atoms with van der Waals surface area (Å²) in [6, 6.07) is 5.01.